The van der Waals surface area contributed by atoms with Gasteiger partial charge in [-0.2, -0.15) is 0 Å². The van der Waals surface area contributed by atoms with E-state index in [-0.39, 0.29) is 11.6 Å². The van der Waals surface area contributed by atoms with E-state index in [1.807, 2.05) is 12.1 Å². The average molecular weight is 402 g/mol. The van der Waals surface area contributed by atoms with Crippen LogP contribution in [0.2, 0.25) is 5.04 Å². The van der Waals surface area contributed by atoms with Crippen LogP contribution in [0.1, 0.15) is 33.6 Å². The van der Waals surface area contributed by atoms with Crippen LogP contribution in [0.4, 0.5) is 4.79 Å². The molecular formula is C22H31NO4Si. The highest BCUT2D eigenvalue weighted by Crippen LogP contribution is 2.36. The van der Waals surface area contributed by atoms with E-state index in [9.17, 15) is 9.90 Å². The van der Waals surface area contributed by atoms with Crippen LogP contribution >= 0.6 is 0 Å². The molecule has 1 atom stereocenters. The Labute approximate surface area is 168 Å². The number of carbonyl (C=O) groups excluding carboxylic acids is 1. The van der Waals surface area contributed by atoms with Gasteiger partial charge in [0.2, 0.25) is 0 Å². The highest BCUT2D eigenvalue weighted by Gasteiger charge is 2.49. The fourth-order valence-electron chi connectivity index (χ4n) is 3.65. The molecule has 0 aliphatic carbocycles. The van der Waals surface area contributed by atoms with Crippen LogP contribution in [-0.2, 0) is 9.16 Å². The van der Waals surface area contributed by atoms with Crippen LogP contribution in [0, 0.1) is 0 Å². The Kier molecular flexibility index (Phi) is 7.80. The Morgan fingerprint density at radius 1 is 1.04 bits per heavy atom. The molecule has 152 valence electrons. The van der Waals surface area contributed by atoms with Gasteiger partial charge in [-0.05, 0) is 28.3 Å². The summed E-state index contributed by atoms with van der Waals surface area (Å²) in [6, 6.07) is 20.8. The molecule has 0 heterocycles. The molecule has 0 bridgehead atoms. The van der Waals surface area contributed by atoms with Crippen LogP contribution in [0.15, 0.2) is 60.7 Å². The summed E-state index contributed by atoms with van der Waals surface area (Å²) in [6.07, 6.45) is -0.312. The molecule has 0 spiro atoms. The number of nitrogens with two attached hydrogens (primary N) is 1. The second-order valence-corrected chi connectivity index (χ2v) is 12.2. The summed E-state index contributed by atoms with van der Waals surface area (Å²) < 4.78 is 11.7. The lowest BCUT2D eigenvalue weighted by Crippen LogP contribution is -2.66. The van der Waals surface area contributed by atoms with Gasteiger partial charge in [-0.3, -0.25) is 0 Å². The molecule has 1 amide bonds. The molecule has 0 aliphatic heterocycles. The number of aliphatic hydroxyl groups excluding tert-OH is 1. The van der Waals surface area contributed by atoms with Gasteiger partial charge in [0.05, 0.1) is 6.61 Å². The van der Waals surface area contributed by atoms with Gasteiger partial charge < -0.3 is 20.0 Å². The van der Waals surface area contributed by atoms with E-state index in [4.69, 9.17) is 14.9 Å². The molecule has 0 radical (unpaired) electrons. The summed E-state index contributed by atoms with van der Waals surface area (Å²) in [5, 5.41) is 11.7. The molecule has 28 heavy (non-hydrogen) atoms. The smallest absolute Gasteiger partial charge is 0.404 e. The van der Waals surface area contributed by atoms with E-state index in [1.54, 1.807) is 0 Å². The first-order valence-corrected chi connectivity index (χ1v) is 11.5. The van der Waals surface area contributed by atoms with Crippen LogP contribution < -0.4 is 16.1 Å². The number of aliphatic hydroxyl groups is 1. The van der Waals surface area contributed by atoms with Gasteiger partial charge in [0.15, 0.2) is 0 Å². The van der Waals surface area contributed by atoms with Crippen molar-refractivity contribution >= 4 is 24.8 Å². The van der Waals surface area contributed by atoms with Gasteiger partial charge in [0.1, 0.15) is 6.10 Å². The largest absolute Gasteiger partial charge is 0.444 e. The molecule has 0 aromatic heterocycles. The minimum Gasteiger partial charge on any atom is -0.444 e. The van der Waals surface area contributed by atoms with Crippen molar-refractivity contribution in [2.75, 3.05) is 13.2 Å². The molecule has 0 saturated carbocycles. The van der Waals surface area contributed by atoms with Crippen molar-refractivity contribution in [3.63, 3.8) is 0 Å². The van der Waals surface area contributed by atoms with Crippen molar-refractivity contribution in [1.82, 2.24) is 0 Å². The summed E-state index contributed by atoms with van der Waals surface area (Å²) >= 11 is 0. The first kappa shape index (κ1) is 22.1. The van der Waals surface area contributed by atoms with Gasteiger partial charge in [-0.25, -0.2) is 4.79 Å². The Balaban J connectivity index is 2.28. The SMILES string of the molecule is CC(C)(C)[Si](OCCC[C@H](CO)OC(N)=O)(c1ccccc1)c1ccccc1. The predicted molar refractivity (Wildman–Crippen MR) is 114 cm³/mol. The third-order valence-corrected chi connectivity index (χ3v) is 9.93. The second kappa shape index (κ2) is 9.86. The molecule has 6 heteroatoms. The van der Waals surface area contributed by atoms with Crippen LogP contribution in [-0.4, -0.2) is 38.8 Å². The van der Waals surface area contributed by atoms with E-state index < -0.39 is 20.5 Å². The zero-order chi connectivity index (χ0) is 20.6. The minimum atomic E-state index is -2.56. The monoisotopic (exact) mass is 401 g/mol. The molecule has 0 unspecified atom stereocenters. The van der Waals surface area contributed by atoms with Crippen LogP contribution in [0.25, 0.3) is 0 Å². The molecular weight excluding hydrogens is 370 g/mol. The standard InChI is InChI=1S/C22H31NO4Si/c1-22(2,3)28(19-12-6-4-7-13-19,20-14-8-5-9-15-20)26-16-10-11-18(17-24)27-21(23)25/h4-9,12-15,18,24H,10-11,16-17H2,1-3H3,(H2,23,25)/t18-/m1/s1. The summed E-state index contributed by atoms with van der Waals surface area (Å²) in [5.74, 6) is 0. The zero-order valence-corrected chi connectivity index (χ0v) is 17.9. The van der Waals surface area contributed by atoms with Crippen molar-refractivity contribution in [3.05, 3.63) is 60.7 Å². The van der Waals surface area contributed by atoms with E-state index in [0.717, 1.165) is 0 Å². The number of primary amides is 1. The van der Waals surface area contributed by atoms with E-state index in [0.29, 0.717) is 19.4 Å². The normalized spacial score (nSPS) is 13.1. The number of benzene rings is 2. The van der Waals surface area contributed by atoms with Gasteiger partial charge in [-0.15, -0.1) is 0 Å². The van der Waals surface area contributed by atoms with Gasteiger partial charge in [-0.1, -0.05) is 81.4 Å². The lowest BCUT2D eigenvalue weighted by atomic mass is 10.2. The van der Waals surface area contributed by atoms with Crippen molar-refractivity contribution in [2.45, 2.75) is 44.8 Å². The highest BCUT2D eigenvalue weighted by molar-refractivity contribution is 6.99. The number of hydrogen-bond donors (Lipinski definition) is 2. The summed E-state index contributed by atoms with van der Waals surface area (Å²) in [6.45, 7) is 6.94. The lowest BCUT2D eigenvalue weighted by Gasteiger charge is -2.43. The fraction of sp³-hybridized carbons (Fsp3) is 0.409. The fourth-order valence-corrected chi connectivity index (χ4v) is 8.26. The van der Waals surface area contributed by atoms with Crippen LogP contribution in [0.3, 0.4) is 0 Å². The van der Waals surface area contributed by atoms with Gasteiger partial charge >= 0.3 is 6.09 Å². The van der Waals surface area contributed by atoms with E-state index >= 15 is 0 Å². The molecule has 2 rings (SSSR count). The van der Waals surface area contributed by atoms with Crippen molar-refractivity contribution < 1.29 is 19.1 Å². The number of rotatable bonds is 9. The maximum atomic E-state index is 10.9. The maximum Gasteiger partial charge on any atom is 0.404 e. The van der Waals surface area contributed by atoms with Crippen molar-refractivity contribution in [1.29, 1.82) is 0 Å². The molecule has 2 aromatic carbocycles. The Bertz CT molecular complexity index is 692. The van der Waals surface area contributed by atoms with Gasteiger partial charge in [0, 0.05) is 6.61 Å². The topological polar surface area (TPSA) is 81.8 Å². The zero-order valence-electron chi connectivity index (χ0n) is 16.9. The molecule has 0 saturated heterocycles. The molecule has 5 nitrogen and oxygen atoms in total. The number of amides is 1. The first-order valence-electron chi connectivity index (χ1n) is 9.63. The summed E-state index contributed by atoms with van der Waals surface area (Å²) in [4.78, 5) is 10.9. The van der Waals surface area contributed by atoms with Crippen molar-refractivity contribution in [2.24, 2.45) is 5.73 Å². The highest BCUT2D eigenvalue weighted by atomic mass is 28.4. The van der Waals surface area contributed by atoms with Gasteiger partial charge in [0.25, 0.3) is 8.32 Å². The third-order valence-electron chi connectivity index (χ3n) is 4.89. The number of ether oxygens (including phenoxy) is 1. The Morgan fingerprint density at radius 3 is 1.93 bits per heavy atom. The maximum absolute atomic E-state index is 10.9. The molecule has 2 aromatic rings. The number of hydrogen-bond acceptors (Lipinski definition) is 4. The van der Waals surface area contributed by atoms with Crippen LogP contribution in [0.5, 0.6) is 0 Å². The second-order valence-electron chi connectivity index (χ2n) is 7.90. The van der Waals surface area contributed by atoms with E-state index in [2.05, 4.69) is 69.3 Å². The molecule has 3 N–H and O–H groups in total. The third kappa shape index (κ3) is 5.22. The van der Waals surface area contributed by atoms with E-state index in [1.165, 1.54) is 10.4 Å². The first-order chi connectivity index (χ1) is 13.3. The molecule has 0 fully saturated rings. The number of carbonyl (C=O) groups is 1. The lowest BCUT2D eigenvalue weighted by molar-refractivity contribution is 0.0547. The summed E-state index contributed by atoms with van der Waals surface area (Å²) in [7, 11) is -2.56. The minimum absolute atomic E-state index is 0.0875. The van der Waals surface area contributed by atoms with Crippen molar-refractivity contribution in [3.8, 4) is 0 Å². The predicted octanol–water partition coefficient (Wildman–Crippen LogP) is 2.80. The average Bonchev–Trinajstić information content (AvgIpc) is 2.67. The Hall–Kier alpha value is -2.15. The summed E-state index contributed by atoms with van der Waals surface area (Å²) in [5.41, 5.74) is 5.05. The quantitative estimate of drug-likeness (QED) is 0.500. The Morgan fingerprint density at radius 2 is 1.54 bits per heavy atom. The molecule has 0 aliphatic rings.